The van der Waals surface area contributed by atoms with Crippen molar-refractivity contribution in [1.29, 1.82) is 0 Å². The number of aromatic nitrogens is 2. The molecule has 2 rings (SSSR count). The topological polar surface area (TPSA) is 49.8 Å². The number of anilines is 3. The van der Waals surface area contributed by atoms with Crippen LogP contribution in [0.1, 0.15) is 20.3 Å². The van der Waals surface area contributed by atoms with Crippen molar-refractivity contribution in [3.8, 4) is 0 Å². The molecule has 0 saturated carbocycles. The molecule has 0 saturated heterocycles. The summed E-state index contributed by atoms with van der Waals surface area (Å²) in [4.78, 5) is 8.02. The lowest BCUT2D eigenvalue weighted by atomic mass is 10.2. The number of hydrogen-bond acceptors (Lipinski definition) is 4. The van der Waals surface area contributed by atoms with Gasteiger partial charge in [0.15, 0.2) is 0 Å². The molecule has 0 bridgehead atoms. The zero-order chi connectivity index (χ0) is 14.5. The molecule has 2 N–H and O–H groups in total. The minimum atomic E-state index is -0.667. The van der Waals surface area contributed by atoms with Gasteiger partial charge in [-0.1, -0.05) is 13.0 Å². The van der Waals surface area contributed by atoms with Crippen LogP contribution in [0, 0.1) is 11.6 Å². The van der Waals surface area contributed by atoms with E-state index in [-0.39, 0.29) is 11.7 Å². The Hall–Kier alpha value is -2.24. The monoisotopic (exact) mass is 278 g/mol. The first-order chi connectivity index (χ1) is 9.60. The predicted octanol–water partition coefficient (Wildman–Crippen LogP) is 3.71. The summed E-state index contributed by atoms with van der Waals surface area (Å²) < 4.78 is 27.1. The van der Waals surface area contributed by atoms with Crippen molar-refractivity contribution in [1.82, 2.24) is 9.97 Å². The summed E-state index contributed by atoms with van der Waals surface area (Å²) in [7, 11) is 0. The van der Waals surface area contributed by atoms with Gasteiger partial charge in [0.05, 0.1) is 0 Å². The Morgan fingerprint density at radius 3 is 2.45 bits per heavy atom. The molecule has 1 unspecified atom stereocenters. The maximum absolute atomic E-state index is 13.5. The number of hydrogen-bond donors (Lipinski definition) is 2. The molecule has 4 nitrogen and oxygen atoms in total. The lowest BCUT2D eigenvalue weighted by molar-refractivity contribution is 0.590. The number of benzene rings is 1. The highest BCUT2D eigenvalue weighted by atomic mass is 19.1. The number of halogens is 2. The Bertz CT molecular complexity index is 569. The Kier molecular flexibility index (Phi) is 4.45. The summed E-state index contributed by atoms with van der Waals surface area (Å²) >= 11 is 0. The molecule has 1 atom stereocenters. The van der Waals surface area contributed by atoms with E-state index in [4.69, 9.17) is 0 Å². The third kappa shape index (κ3) is 3.40. The Balaban J connectivity index is 2.20. The maximum Gasteiger partial charge on any atom is 0.149 e. The third-order valence-electron chi connectivity index (χ3n) is 2.89. The first-order valence-corrected chi connectivity index (χ1v) is 6.39. The normalized spacial score (nSPS) is 12.0. The van der Waals surface area contributed by atoms with Crippen LogP contribution in [0.25, 0.3) is 0 Å². The summed E-state index contributed by atoms with van der Waals surface area (Å²) in [5, 5.41) is 5.80. The fourth-order valence-corrected chi connectivity index (χ4v) is 1.60. The number of nitrogens with zero attached hydrogens (tertiary/aromatic N) is 2. The molecule has 1 heterocycles. The Labute approximate surface area is 116 Å². The molecular formula is C14H16F2N4. The maximum atomic E-state index is 13.5. The van der Waals surface area contributed by atoms with Crippen molar-refractivity contribution in [2.24, 2.45) is 0 Å². The quantitative estimate of drug-likeness (QED) is 0.875. The van der Waals surface area contributed by atoms with Crippen LogP contribution in [0.3, 0.4) is 0 Å². The van der Waals surface area contributed by atoms with Gasteiger partial charge >= 0.3 is 0 Å². The van der Waals surface area contributed by atoms with Gasteiger partial charge in [0, 0.05) is 12.1 Å². The molecule has 0 fully saturated rings. The molecule has 0 amide bonds. The molecule has 0 aliphatic rings. The highest BCUT2D eigenvalue weighted by molar-refractivity contribution is 5.60. The highest BCUT2D eigenvalue weighted by Gasteiger charge is 2.09. The van der Waals surface area contributed by atoms with Gasteiger partial charge in [-0.2, -0.15) is 0 Å². The molecule has 0 aliphatic heterocycles. The molecule has 2 aromatic rings. The predicted molar refractivity (Wildman–Crippen MR) is 75.0 cm³/mol. The lowest BCUT2D eigenvalue weighted by Gasteiger charge is -2.13. The second kappa shape index (κ2) is 6.27. The van der Waals surface area contributed by atoms with Gasteiger partial charge < -0.3 is 10.6 Å². The van der Waals surface area contributed by atoms with E-state index in [0.29, 0.717) is 11.6 Å². The van der Waals surface area contributed by atoms with Gasteiger partial charge in [-0.05, 0) is 25.5 Å². The lowest BCUT2D eigenvalue weighted by Crippen LogP contribution is -2.14. The van der Waals surface area contributed by atoms with Crippen molar-refractivity contribution in [2.75, 3.05) is 10.6 Å². The number of rotatable bonds is 5. The molecular weight excluding hydrogens is 262 g/mol. The van der Waals surface area contributed by atoms with Crippen LogP contribution in [-0.4, -0.2) is 16.0 Å². The van der Waals surface area contributed by atoms with E-state index in [1.165, 1.54) is 24.5 Å². The largest absolute Gasteiger partial charge is 0.367 e. The average molecular weight is 278 g/mol. The zero-order valence-corrected chi connectivity index (χ0v) is 11.3. The summed E-state index contributed by atoms with van der Waals surface area (Å²) in [6.45, 7) is 4.07. The van der Waals surface area contributed by atoms with Crippen LogP contribution < -0.4 is 10.6 Å². The fourth-order valence-electron chi connectivity index (χ4n) is 1.60. The highest BCUT2D eigenvalue weighted by Crippen LogP contribution is 2.22. The molecule has 6 heteroatoms. The van der Waals surface area contributed by atoms with E-state index in [9.17, 15) is 8.78 Å². The van der Waals surface area contributed by atoms with Gasteiger partial charge in [0.25, 0.3) is 0 Å². The minimum absolute atomic E-state index is 0.222. The third-order valence-corrected chi connectivity index (χ3v) is 2.89. The Morgan fingerprint density at radius 2 is 1.80 bits per heavy atom. The Morgan fingerprint density at radius 1 is 1.15 bits per heavy atom. The minimum Gasteiger partial charge on any atom is -0.367 e. The van der Waals surface area contributed by atoms with E-state index >= 15 is 0 Å². The smallest absolute Gasteiger partial charge is 0.149 e. The van der Waals surface area contributed by atoms with Crippen LogP contribution in [0.15, 0.2) is 30.6 Å². The summed E-state index contributed by atoms with van der Waals surface area (Å²) in [6.07, 6.45) is 2.28. The van der Waals surface area contributed by atoms with E-state index in [2.05, 4.69) is 20.6 Å². The van der Waals surface area contributed by atoms with E-state index in [0.717, 1.165) is 6.42 Å². The first-order valence-electron chi connectivity index (χ1n) is 6.39. The molecule has 1 aromatic heterocycles. The molecule has 20 heavy (non-hydrogen) atoms. The van der Waals surface area contributed by atoms with Crippen molar-refractivity contribution in [3.63, 3.8) is 0 Å². The molecule has 1 aromatic carbocycles. The molecule has 0 spiro atoms. The second-order valence-electron chi connectivity index (χ2n) is 4.46. The van der Waals surface area contributed by atoms with Crippen LogP contribution in [-0.2, 0) is 0 Å². The van der Waals surface area contributed by atoms with E-state index < -0.39 is 11.6 Å². The van der Waals surface area contributed by atoms with Crippen LogP contribution in [0.2, 0.25) is 0 Å². The molecule has 0 radical (unpaired) electrons. The van der Waals surface area contributed by atoms with Crippen LogP contribution >= 0.6 is 0 Å². The average Bonchev–Trinajstić information content (AvgIpc) is 2.43. The fraction of sp³-hybridized carbons (Fsp3) is 0.286. The van der Waals surface area contributed by atoms with Gasteiger partial charge in [0.1, 0.15) is 35.3 Å². The second-order valence-corrected chi connectivity index (χ2v) is 4.46. The van der Waals surface area contributed by atoms with Crippen molar-refractivity contribution >= 4 is 17.3 Å². The van der Waals surface area contributed by atoms with Crippen LogP contribution in [0.5, 0.6) is 0 Å². The van der Waals surface area contributed by atoms with Gasteiger partial charge in [0.2, 0.25) is 0 Å². The van der Waals surface area contributed by atoms with Crippen molar-refractivity contribution < 1.29 is 8.78 Å². The SMILES string of the molecule is CCC(C)Nc1cc(Nc2c(F)cccc2F)ncn1. The van der Waals surface area contributed by atoms with Gasteiger partial charge in [-0.15, -0.1) is 0 Å². The standard InChI is InChI=1S/C14H16F2N4/c1-3-9(2)19-12-7-13(18-8-17-12)20-14-10(15)5-4-6-11(14)16/h4-9H,3H2,1-2H3,(H2,17,18,19,20). The zero-order valence-electron chi connectivity index (χ0n) is 11.3. The molecule has 0 aliphatic carbocycles. The van der Waals surface area contributed by atoms with E-state index in [1.54, 1.807) is 6.07 Å². The van der Waals surface area contributed by atoms with Crippen molar-refractivity contribution in [3.05, 3.63) is 42.2 Å². The van der Waals surface area contributed by atoms with Crippen LogP contribution in [0.4, 0.5) is 26.1 Å². The first kappa shape index (κ1) is 14.2. The number of para-hydroxylation sites is 1. The van der Waals surface area contributed by atoms with Crippen molar-refractivity contribution in [2.45, 2.75) is 26.3 Å². The van der Waals surface area contributed by atoms with Gasteiger partial charge in [-0.25, -0.2) is 18.7 Å². The summed E-state index contributed by atoms with van der Waals surface area (Å²) in [6, 6.07) is 5.54. The van der Waals surface area contributed by atoms with E-state index in [1.807, 2.05) is 13.8 Å². The number of nitrogens with one attached hydrogen (secondary N) is 2. The summed E-state index contributed by atoms with van der Waals surface area (Å²) in [5.41, 5.74) is -0.222. The van der Waals surface area contributed by atoms with Gasteiger partial charge in [-0.3, -0.25) is 0 Å². The summed E-state index contributed by atoms with van der Waals surface area (Å²) in [5.74, 6) is -0.400. The molecule has 106 valence electrons.